The van der Waals surface area contributed by atoms with E-state index in [0.29, 0.717) is 43.0 Å². The number of benzene rings is 3. The van der Waals surface area contributed by atoms with Crippen LogP contribution in [0.15, 0.2) is 66.7 Å². The van der Waals surface area contributed by atoms with Crippen molar-refractivity contribution in [3.8, 4) is 5.75 Å². The first kappa shape index (κ1) is 19.9. The summed E-state index contributed by atoms with van der Waals surface area (Å²) in [4.78, 5) is 0. The first-order valence-electron chi connectivity index (χ1n) is 9.88. The Labute approximate surface area is 173 Å². The molecule has 4 nitrogen and oxygen atoms in total. The fourth-order valence-electron chi connectivity index (χ4n) is 3.52. The average molecular weight is 407 g/mol. The Kier molecular flexibility index (Phi) is 5.65. The number of fused-ring (bicyclic) bond motifs is 1. The average Bonchev–Trinajstić information content (AvgIpc) is 2.99. The van der Waals surface area contributed by atoms with Gasteiger partial charge >= 0.3 is 0 Å². The summed E-state index contributed by atoms with van der Waals surface area (Å²) < 4.78 is 36.3. The lowest BCUT2D eigenvalue weighted by Gasteiger charge is -2.08. The molecule has 154 valence electrons. The molecule has 30 heavy (non-hydrogen) atoms. The summed E-state index contributed by atoms with van der Waals surface area (Å²) in [5.41, 5.74) is 4.06. The van der Waals surface area contributed by atoms with E-state index in [1.165, 1.54) is 29.8 Å². The lowest BCUT2D eigenvalue weighted by atomic mass is 10.1. The minimum absolute atomic E-state index is 0.301. The van der Waals surface area contributed by atoms with Crippen molar-refractivity contribution in [2.24, 2.45) is 0 Å². The first-order valence-corrected chi connectivity index (χ1v) is 9.88. The van der Waals surface area contributed by atoms with Gasteiger partial charge in [0.2, 0.25) is 5.62 Å². The van der Waals surface area contributed by atoms with Gasteiger partial charge in [-0.3, -0.25) is 5.41 Å². The predicted molar refractivity (Wildman–Crippen MR) is 113 cm³/mol. The summed E-state index contributed by atoms with van der Waals surface area (Å²) in [6, 6.07) is 18.6. The molecule has 0 amide bonds. The van der Waals surface area contributed by atoms with Crippen LogP contribution in [0.2, 0.25) is 0 Å². The second-order valence-electron chi connectivity index (χ2n) is 7.34. The Morgan fingerprint density at radius 3 is 2.27 bits per heavy atom. The van der Waals surface area contributed by atoms with E-state index >= 15 is 0 Å². The molecule has 0 aliphatic carbocycles. The van der Waals surface area contributed by atoms with Crippen LogP contribution in [0.3, 0.4) is 0 Å². The van der Waals surface area contributed by atoms with Crippen LogP contribution in [0.1, 0.15) is 17.5 Å². The molecule has 0 bridgehead atoms. The molecule has 1 N–H and O–H groups in total. The maximum Gasteiger partial charge on any atom is 0.203 e. The van der Waals surface area contributed by atoms with Gasteiger partial charge in [0.25, 0.3) is 0 Å². The molecule has 0 saturated heterocycles. The van der Waals surface area contributed by atoms with Gasteiger partial charge in [0.15, 0.2) is 0 Å². The minimum Gasteiger partial charge on any atom is -0.494 e. The predicted octanol–water partition coefficient (Wildman–Crippen LogP) is 5.03. The van der Waals surface area contributed by atoms with E-state index < -0.39 is 0 Å². The molecule has 0 spiro atoms. The van der Waals surface area contributed by atoms with Crippen LogP contribution in [-0.2, 0) is 13.1 Å². The maximum absolute atomic E-state index is 13.9. The number of hydrogen-bond donors (Lipinski definition) is 1. The van der Waals surface area contributed by atoms with Crippen LogP contribution in [0, 0.1) is 24.0 Å². The summed E-state index contributed by atoms with van der Waals surface area (Å²) in [5.74, 6) is -0.0151. The number of aryl methyl sites for hydroxylation is 2. The molecule has 3 aromatic carbocycles. The molecule has 0 fully saturated rings. The van der Waals surface area contributed by atoms with Crippen LogP contribution in [0.5, 0.6) is 5.75 Å². The lowest BCUT2D eigenvalue weighted by molar-refractivity contribution is 0.300. The Morgan fingerprint density at radius 2 is 1.53 bits per heavy atom. The summed E-state index contributed by atoms with van der Waals surface area (Å²) in [6.45, 7) is 3.52. The highest BCUT2D eigenvalue weighted by atomic mass is 19.1. The smallest absolute Gasteiger partial charge is 0.203 e. The molecule has 6 heteroatoms. The molecule has 0 aliphatic rings. The van der Waals surface area contributed by atoms with Gasteiger partial charge in [-0.15, -0.1) is 0 Å². The van der Waals surface area contributed by atoms with Crippen LogP contribution in [0.4, 0.5) is 8.78 Å². The van der Waals surface area contributed by atoms with Gasteiger partial charge in [-0.1, -0.05) is 29.8 Å². The number of nitrogens with zero attached hydrogens (tertiary/aromatic N) is 2. The number of hydrogen-bond acceptors (Lipinski definition) is 2. The third-order valence-corrected chi connectivity index (χ3v) is 5.10. The SMILES string of the molecule is Cc1ccc(Cn2c(=N)n(CCCOc3ccc(F)cc3)c3ccc(F)cc32)cc1. The highest BCUT2D eigenvalue weighted by Gasteiger charge is 2.12. The number of ether oxygens (including phenoxy) is 1. The molecule has 0 aliphatic heterocycles. The highest BCUT2D eigenvalue weighted by molar-refractivity contribution is 5.76. The molecule has 0 unspecified atom stereocenters. The first-order chi connectivity index (χ1) is 14.5. The van der Waals surface area contributed by atoms with Crippen molar-refractivity contribution in [3.63, 3.8) is 0 Å². The maximum atomic E-state index is 13.9. The quantitative estimate of drug-likeness (QED) is 0.429. The standard InChI is InChI=1S/C24H23F2N3O/c1-17-3-5-18(6-4-17)16-29-23-15-20(26)9-12-22(23)28(24(29)27)13-2-14-30-21-10-7-19(25)8-11-21/h3-12,15,27H,2,13-14,16H2,1H3. The number of rotatable bonds is 7. The summed E-state index contributed by atoms with van der Waals surface area (Å²) in [5, 5.41) is 8.68. The summed E-state index contributed by atoms with van der Waals surface area (Å²) in [6.07, 6.45) is 0.662. The van der Waals surface area contributed by atoms with Crippen molar-refractivity contribution in [3.05, 3.63) is 95.1 Å². The van der Waals surface area contributed by atoms with Gasteiger partial charge in [-0.05, 0) is 61.4 Å². The zero-order valence-corrected chi connectivity index (χ0v) is 16.7. The third-order valence-electron chi connectivity index (χ3n) is 5.10. The molecule has 0 saturated carbocycles. The van der Waals surface area contributed by atoms with E-state index in [9.17, 15) is 8.78 Å². The zero-order chi connectivity index (χ0) is 21.1. The van der Waals surface area contributed by atoms with Crippen LogP contribution >= 0.6 is 0 Å². The van der Waals surface area contributed by atoms with Crippen LogP contribution in [0.25, 0.3) is 11.0 Å². The van der Waals surface area contributed by atoms with Gasteiger partial charge in [0.1, 0.15) is 17.4 Å². The largest absolute Gasteiger partial charge is 0.494 e. The minimum atomic E-state index is -0.322. The van der Waals surface area contributed by atoms with Crippen LogP contribution in [-0.4, -0.2) is 15.7 Å². The molecule has 0 radical (unpaired) electrons. The molecule has 1 heterocycles. The van der Waals surface area contributed by atoms with E-state index in [2.05, 4.69) is 0 Å². The Bertz CT molecular complexity index is 1210. The van der Waals surface area contributed by atoms with Crippen molar-refractivity contribution in [1.82, 2.24) is 9.13 Å². The van der Waals surface area contributed by atoms with Crippen LogP contribution < -0.4 is 10.4 Å². The number of imidazole rings is 1. The molecule has 4 rings (SSSR count). The van der Waals surface area contributed by atoms with Gasteiger partial charge in [-0.2, -0.15) is 0 Å². The Balaban J connectivity index is 1.55. The number of nitrogens with one attached hydrogen (secondary N) is 1. The summed E-state index contributed by atoms with van der Waals surface area (Å²) >= 11 is 0. The van der Waals surface area contributed by atoms with Gasteiger partial charge < -0.3 is 13.9 Å². The number of aromatic nitrogens is 2. The van der Waals surface area contributed by atoms with E-state index in [1.54, 1.807) is 18.2 Å². The molecule has 0 atom stereocenters. The monoisotopic (exact) mass is 407 g/mol. The third kappa shape index (κ3) is 4.27. The Morgan fingerprint density at radius 1 is 0.833 bits per heavy atom. The van der Waals surface area contributed by atoms with Crippen molar-refractivity contribution < 1.29 is 13.5 Å². The second kappa shape index (κ2) is 8.53. The van der Waals surface area contributed by atoms with Crippen molar-refractivity contribution >= 4 is 11.0 Å². The fourth-order valence-corrected chi connectivity index (χ4v) is 3.52. The van der Waals surface area contributed by atoms with Crippen molar-refractivity contribution in [2.75, 3.05) is 6.61 Å². The van der Waals surface area contributed by atoms with E-state index in [4.69, 9.17) is 10.1 Å². The lowest BCUT2D eigenvalue weighted by Crippen LogP contribution is -2.25. The Hall–Kier alpha value is -3.41. The highest BCUT2D eigenvalue weighted by Crippen LogP contribution is 2.18. The van der Waals surface area contributed by atoms with E-state index in [1.807, 2.05) is 40.3 Å². The second-order valence-corrected chi connectivity index (χ2v) is 7.34. The van der Waals surface area contributed by atoms with Gasteiger partial charge in [-0.25, -0.2) is 8.78 Å². The van der Waals surface area contributed by atoms with E-state index in [0.717, 1.165) is 11.1 Å². The molecular formula is C24H23F2N3O. The number of halogens is 2. The zero-order valence-electron chi connectivity index (χ0n) is 16.7. The normalized spacial score (nSPS) is 11.2. The molecule has 4 aromatic rings. The molecular weight excluding hydrogens is 384 g/mol. The van der Waals surface area contributed by atoms with Gasteiger partial charge in [0, 0.05) is 6.54 Å². The van der Waals surface area contributed by atoms with E-state index in [-0.39, 0.29) is 11.6 Å². The van der Waals surface area contributed by atoms with Gasteiger partial charge in [0.05, 0.1) is 24.2 Å². The fraction of sp³-hybridized carbons (Fsp3) is 0.208. The van der Waals surface area contributed by atoms with Crippen molar-refractivity contribution in [2.45, 2.75) is 26.4 Å². The topological polar surface area (TPSA) is 42.9 Å². The van der Waals surface area contributed by atoms with Crippen molar-refractivity contribution in [1.29, 1.82) is 5.41 Å². The summed E-state index contributed by atoms with van der Waals surface area (Å²) in [7, 11) is 0. The molecule has 1 aromatic heterocycles.